The smallest absolute Gasteiger partial charge is 0.151 e. The number of rotatable bonds is 7. The molecule has 0 spiro atoms. The van der Waals surface area contributed by atoms with Gasteiger partial charge in [0.2, 0.25) is 0 Å². The average molecular weight is 465 g/mol. The second kappa shape index (κ2) is 9.43. The third-order valence-corrected chi connectivity index (χ3v) is 6.39. The van der Waals surface area contributed by atoms with Gasteiger partial charge in [-0.3, -0.25) is 14.3 Å². The van der Waals surface area contributed by atoms with Crippen molar-refractivity contribution in [2.45, 2.75) is 13.0 Å². The molecule has 3 heterocycles. The van der Waals surface area contributed by atoms with E-state index in [0.717, 1.165) is 47.7 Å². The van der Waals surface area contributed by atoms with E-state index in [1.54, 1.807) is 24.3 Å². The Morgan fingerprint density at radius 1 is 1.12 bits per heavy atom. The van der Waals surface area contributed by atoms with Gasteiger partial charge in [0.25, 0.3) is 0 Å². The quantitative estimate of drug-likeness (QED) is 0.516. The average Bonchev–Trinajstić information content (AvgIpc) is 2.82. The highest BCUT2D eigenvalue weighted by Gasteiger charge is 2.30. The Bertz CT molecular complexity index is 1190. The molecule has 5 nitrogen and oxygen atoms in total. The van der Waals surface area contributed by atoms with Crippen molar-refractivity contribution >= 4 is 11.1 Å². The summed E-state index contributed by atoms with van der Waals surface area (Å²) in [6.45, 7) is 4.60. The molecule has 2 aromatic carbocycles. The van der Waals surface area contributed by atoms with Gasteiger partial charge >= 0.3 is 0 Å². The van der Waals surface area contributed by atoms with Crippen LogP contribution in [0.15, 0.2) is 60.8 Å². The van der Waals surface area contributed by atoms with Crippen molar-refractivity contribution in [3.8, 4) is 17.2 Å². The third kappa shape index (κ3) is 4.48. The Balaban J connectivity index is 1.37. The molecule has 2 aliphatic heterocycles. The van der Waals surface area contributed by atoms with Gasteiger partial charge in [0, 0.05) is 36.7 Å². The van der Waals surface area contributed by atoms with E-state index >= 15 is 0 Å². The van der Waals surface area contributed by atoms with Crippen LogP contribution in [0.5, 0.6) is 17.2 Å². The van der Waals surface area contributed by atoms with Crippen molar-refractivity contribution in [3.05, 3.63) is 83.4 Å². The lowest BCUT2D eigenvalue weighted by Gasteiger charge is -2.37. The molecule has 0 radical (unpaired) electrons. The number of nitrogens with zero attached hydrogens (tertiary/aromatic N) is 2. The lowest BCUT2D eigenvalue weighted by Crippen LogP contribution is -2.49. The predicted molar refractivity (Wildman–Crippen MR) is 126 cm³/mol. The SMILES string of the molecule is CC1=C(c2ccc(F)cn2)C(c2ccc(OCCN3CC(CF)C3)cc2)Oc2ccc(O)cc21. The van der Waals surface area contributed by atoms with Crippen molar-refractivity contribution in [1.82, 2.24) is 9.88 Å². The highest BCUT2D eigenvalue weighted by molar-refractivity contribution is 5.94. The molecule has 0 bridgehead atoms. The Morgan fingerprint density at radius 2 is 1.91 bits per heavy atom. The van der Waals surface area contributed by atoms with Crippen LogP contribution in [0.4, 0.5) is 8.78 Å². The van der Waals surface area contributed by atoms with Crippen LogP contribution < -0.4 is 9.47 Å². The Morgan fingerprint density at radius 3 is 2.62 bits per heavy atom. The summed E-state index contributed by atoms with van der Waals surface area (Å²) in [4.78, 5) is 6.47. The highest BCUT2D eigenvalue weighted by atomic mass is 19.1. The number of allylic oxidation sites excluding steroid dienone is 1. The number of fused-ring (bicyclic) bond motifs is 1. The Hall–Kier alpha value is -3.45. The molecular weight excluding hydrogens is 438 g/mol. The molecule has 1 atom stereocenters. The zero-order valence-corrected chi connectivity index (χ0v) is 18.9. The maximum absolute atomic E-state index is 13.5. The van der Waals surface area contributed by atoms with Gasteiger partial charge in [-0.2, -0.15) is 0 Å². The van der Waals surface area contributed by atoms with Gasteiger partial charge in [-0.1, -0.05) is 12.1 Å². The predicted octanol–water partition coefficient (Wildman–Crippen LogP) is 5.27. The summed E-state index contributed by atoms with van der Waals surface area (Å²) in [5, 5.41) is 9.99. The first-order chi connectivity index (χ1) is 16.5. The molecule has 7 heteroatoms. The number of aromatic nitrogens is 1. The number of likely N-dealkylation sites (tertiary alicyclic amines) is 1. The van der Waals surface area contributed by atoms with Crippen LogP contribution >= 0.6 is 0 Å². The summed E-state index contributed by atoms with van der Waals surface area (Å²) in [6, 6.07) is 15.7. The van der Waals surface area contributed by atoms with Gasteiger partial charge in [-0.05, 0) is 60.5 Å². The molecule has 0 aliphatic carbocycles. The van der Waals surface area contributed by atoms with Crippen molar-refractivity contribution in [3.63, 3.8) is 0 Å². The molecule has 34 heavy (non-hydrogen) atoms. The first-order valence-electron chi connectivity index (χ1n) is 11.4. The number of ether oxygens (including phenoxy) is 2. The summed E-state index contributed by atoms with van der Waals surface area (Å²) in [5.41, 5.74) is 4.01. The van der Waals surface area contributed by atoms with Gasteiger partial charge in [0.15, 0.2) is 6.10 Å². The Labute approximate surface area is 197 Å². The number of aromatic hydroxyl groups is 1. The zero-order valence-electron chi connectivity index (χ0n) is 18.9. The van der Waals surface area contributed by atoms with Crippen LogP contribution in [-0.2, 0) is 0 Å². The lowest BCUT2D eigenvalue weighted by molar-refractivity contribution is 0.0668. The maximum Gasteiger partial charge on any atom is 0.151 e. The maximum atomic E-state index is 13.5. The molecule has 3 aromatic rings. The fraction of sp³-hybridized carbons (Fsp3) is 0.296. The summed E-state index contributed by atoms with van der Waals surface area (Å²) in [7, 11) is 0. The zero-order chi connectivity index (χ0) is 23.7. The topological polar surface area (TPSA) is 54.8 Å². The van der Waals surface area contributed by atoms with Gasteiger partial charge in [0.05, 0.1) is 18.6 Å². The van der Waals surface area contributed by atoms with Crippen molar-refractivity contribution in [1.29, 1.82) is 0 Å². The first kappa shape index (κ1) is 22.3. The van der Waals surface area contributed by atoms with Crippen LogP contribution in [0.3, 0.4) is 0 Å². The van der Waals surface area contributed by atoms with E-state index in [2.05, 4.69) is 9.88 Å². The minimum absolute atomic E-state index is 0.145. The highest BCUT2D eigenvalue weighted by Crippen LogP contribution is 2.47. The number of phenolic OH excluding ortho intramolecular Hbond substituents is 1. The summed E-state index contributed by atoms with van der Waals surface area (Å²) < 4.78 is 38.3. The van der Waals surface area contributed by atoms with Crippen molar-refractivity contribution < 1.29 is 23.4 Å². The molecule has 1 unspecified atom stereocenters. The molecule has 1 fully saturated rings. The molecule has 5 rings (SSSR count). The van der Waals surface area contributed by atoms with E-state index in [4.69, 9.17) is 9.47 Å². The van der Waals surface area contributed by atoms with E-state index < -0.39 is 11.9 Å². The standard InChI is InChI=1S/C27H26F2N2O3/c1-17-23-12-21(32)5-9-25(23)34-27(26(17)24-8-4-20(29)14-30-24)19-2-6-22(7-3-19)33-11-10-31-15-18(13-28)16-31/h2-9,12,14,18,27,32H,10-11,13,15-16H2,1H3. The normalized spacial score (nSPS) is 18.3. The second-order valence-corrected chi connectivity index (χ2v) is 8.78. The van der Waals surface area contributed by atoms with E-state index in [-0.39, 0.29) is 18.3 Å². The number of hydrogen-bond acceptors (Lipinski definition) is 5. The summed E-state index contributed by atoms with van der Waals surface area (Å²) >= 11 is 0. The van der Waals surface area contributed by atoms with Crippen LogP contribution in [0, 0.1) is 11.7 Å². The van der Waals surface area contributed by atoms with Crippen LogP contribution in [0.25, 0.3) is 11.1 Å². The third-order valence-electron chi connectivity index (χ3n) is 6.39. The molecule has 176 valence electrons. The molecule has 0 saturated carbocycles. The number of phenols is 1. The van der Waals surface area contributed by atoms with Crippen molar-refractivity contribution in [2.75, 3.05) is 32.9 Å². The van der Waals surface area contributed by atoms with E-state index in [1.807, 2.05) is 31.2 Å². The van der Waals surface area contributed by atoms with Crippen LogP contribution in [0.1, 0.15) is 29.8 Å². The van der Waals surface area contributed by atoms with Gasteiger partial charge in [0.1, 0.15) is 29.7 Å². The molecular formula is C27H26F2N2O3. The largest absolute Gasteiger partial charge is 0.508 e. The van der Waals surface area contributed by atoms with Gasteiger partial charge in [-0.25, -0.2) is 4.39 Å². The fourth-order valence-corrected chi connectivity index (χ4v) is 4.53. The molecule has 2 aliphatic rings. The number of benzene rings is 2. The summed E-state index contributed by atoms with van der Waals surface area (Å²) in [5.74, 6) is 1.31. The van der Waals surface area contributed by atoms with E-state index in [9.17, 15) is 13.9 Å². The number of halogens is 2. The monoisotopic (exact) mass is 464 g/mol. The minimum Gasteiger partial charge on any atom is -0.508 e. The lowest BCUT2D eigenvalue weighted by atomic mass is 9.88. The number of pyridine rings is 1. The fourth-order valence-electron chi connectivity index (χ4n) is 4.53. The van der Waals surface area contributed by atoms with Crippen LogP contribution in [0.2, 0.25) is 0 Å². The van der Waals surface area contributed by atoms with E-state index in [1.165, 1.54) is 12.3 Å². The van der Waals surface area contributed by atoms with Gasteiger partial charge < -0.3 is 14.6 Å². The first-order valence-corrected chi connectivity index (χ1v) is 11.4. The number of hydrogen-bond donors (Lipinski definition) is 1. The molecule has 1 N–H and O–H groups in total. The minimum atomic E-state index is -0.456. The number of alkyl halides is 1. The van der Waals surface area contributed by atoms with Crippen molar-refractivity contribution in [2.24, 2.45) is 5.92 Å². The molecule has 1 saturated heterocycles. The van der Waals surface area contributed by atoms with E-state index in [0.29, 0.717) is 18.1 Å². The van der Waals surface area contributed by atoms with Gasteiger partial charge in [-0.15, -0.1) is 0 Å². The second-order valence-electron chi connectivity index (χ2n) is 8.78. The van der Waals surface area contributed by atoms with Crippen LogP contribution in [-0.4, -0.2) is 47.9 Å². The Kier molecular flexibility index (Phi) is 6.20. The summed E-state index contributed by atoms with van der Waals surface area (Å²) in [6.07, 6.45) is 0.734. The molecule has 1 aromatic heterocycles. The molecule has 0 amide bonds.